The summed E-state index contributed by atoms with van der Waals surface area (Å²) in [4.78, 5) is 0. The quantitative estimate of drug-likeness (QED) is 0.320. The van der Waals surface area contributed by atoms with E-state index in [1.54, 1.807) is 6.07 Å². The maximum Gasteiger partial charge on any atom is 0.408 e. The van der Waals surface area contributed by atoms with Gasteiger partial charge in [0.15, 0.2) is 0 Å². The third-order valence-electron chi connectivity index (χ3n) is 7.49. The maximum atomic E-state index is 12.7. The highest BCUT2D eigenvalue weighted by Crippen LogP contribution is 2.54. The summed E-state index contributed by atoms with van der Waals surface area (Å²) >= 11 is 0. The van der Waals surface area contributed by atoms with Gasteiger partial charge in [0.1, 0.15) is 6.54 Å². The van der Waals surface area contributed by atoms with Crippen molar-refractivity contribution in [1.82, 2.24) is 29.3 Å². The molecule has 192 valence electrons. The molecule has 0 amide bonds. The van der Waals surface area contributed by atoms with Crippen LogP contribution in [0.1, 0.15) is 102 Å². The van der Waals surface area contributed by atoms with E-state index in [-0.39, 0.29) is 17.4 Å². The third-order valence-corrected chi connectivity index (χ3v) is 7.49. The Bertz CT molecular complexity index is 1120. The van der Waals surface area contributed by atoms with Crippen molar-refractivity contribution >= 4 is 0 Å². The zero-order valence-corrected chi connectivity index (χ0v) is 21.5. The molecule has 0 radical (unpaired) electrons. The average Bonchev–Trinajstić information content (AvgIpc) is 3.18. The van der Waals surface area contributed by atoms with Gasteiger partial charge < -0.3 is 0 Å². The molecule has 1 saturated carbocycles. The van der Waals surface area contributed by atoms with Gasteiger partial charge in [-0.25, -0.2) is 0 Å². The monoisotopic (exact) mass is 490 g/mol. The molecule has 0 N–H and O–H groups in total. The molecular formula is C26H37F3N6. The average molecular weight is 491 g/mol. The Labute approximate surface area is 205 Å². The highest BCUT2D eigenvalue weighted by atomic mass is 19.4. The van der Waals surface area contributed by atoms with Crippen LogP contribution in [0.3, 0.4) is 0 Å². The van der Waals surface area contributed by atoms with Gasteiger partial charge in [-0.3, -0.25) is 14.0 Å². The van der Waals surface area contributed by atoms with Crippen molar-refractivity contribution in [2.45, 2.75) is 103 Å². The first-order valence-electron chi connectivity index (χ1n) is 12.6. The Balaban J connectivity index is 1.33. The lowest BCUT2D eigenvalue weighted by atomic mass is 9.83. The predicted molar refractivity (Wildman–Crippen MR) is 129 cm³/mol. The Kier molecular flexibility index (Phi) is 6.90. The number of nitrogens with zero attached hydrogens (tertiary/aromatic N) is 6. The molecule has 0 aliphatic heterocycles. The minimum absolute atomic E-state index is 0.246. The lowest BCUT2D eigenvalue weighted by Gasteiger charge is -2.23. The molecule has 0 saturated heterocycles. The smallest absolute Gasteiger partial charge is 0.270 e. The van der Waals surface area contributed by atoms with Crippen molar-refractivity contribution in [2.24, 2.45) is 5.92 Å². The first-order chi connectivity index (χ1) is 16.3. The van der Waals surface area contributed by atoms with Gasteiger partial charge in [0, 0.05) is 36.0 Å². The largest absolute Gasteiger partial charge is 0.408 e. The van der Waals surface area contributed by atoms with Crippen LogP contribution < -0.4 is 0 Å². The Hall–Kier alpha value is -2.58. The van der Waals surface area contributed by atoms with Gasteiger partial charge >= 0.3 is 6.18 Å². The summed E-state index contributed by atoms with van der Waals surface area (Å²) in [6.07, 6.45) is 4.25. The van der Waals surface area contributed by atoms with Gasteiger partial charge in [-0.15, -0.1) is 0 Å². The molecule has 0 bridgehead atoms. The molecular weight excluding hydrogens is 453 g/mol. The number of hydrogen-bond acceptors (Lipinski definition) is 3. The van der Waals surface area contributed by atoms with E-state index in [1.165, 1.54) is 6.20 Å². The fraction of sp³-hybridized carbons (Fsp3) is 0.654. The Morgan fingerprint density at radius 3 is 2.29 bits per heavy atom. The summed E-state index contributed by atoms with van der Waals surface area (Å²) in [7, 11) is 0. The van der Waals surface area contributed by atoms with Crippen molar-refractivity contribution in [3.8, 4) is 0 Å². The van der Waals surface area contributed by atoms with Crippen LogP contribution in [0.4, 0.5) is 13.2 Å². The molecule has 3 heterocycles. The molecule has 4 rings (SSSR count). The second kappa shape index (κ2) is 9.47. The SMILES string of the molecule is CC(C)c1ccn(C(C)CCC(C)c2ccn(C3CC3C(C)(C)c3ccn(CC(F)(F)F)n3)n2)n1. The highest BCUT2D eigenvalue weighted by molar-refractivity contribution is 5.20. The number of halogens is 3. The van der Waals surface area contributed by atoms with Crippen LogP contribution in [0, 0.1) is 5.92 Å². The van der Waals surface area contributed by atoms with Crippen LogP contribution in [-0.4, -0.2) is 35.5 Å². The minimum Gasteiger partial charge on any atom is -0.270 e. The molecule has 35 heavy (non-hydrogen) atoms. The summed E-state index contributed by atoms with van der Waals surface area (Å²) in [5, 5.41) is 13.8. The maximum absolute atomic E-state index is 12.7. The van der Waals surface area contributed by atoms with Crippen LogP contribution >= 0.6 is 0 Å². The van der Waals surface area contributed by atoms with Crippen molar-refractivity contribution < 1.29 is 13.2 Å². The van der Waals surface area contributed by atoms with Crippen LogP contribution in [0.15, 0.2) is 36.8 Å². The van der Waals surface area contributed by atoms with Gasteiger partial charge in [0.25, 0.3) is 0 Å². The topological polar surface area (TPSA) is 53.5 Å². The lowest BCUT2D eigenvalue weighted by molar-refractivity contribution is -0.142. The molecule has 0 aromatic carbocycles. The van der Waals surface area contributed by atoms with E-state index >= 15 is 0 Å². The normalized spacial score (nSPS) is 20.4. The lowest BCUT2D eigenvalue weighted by Crippen LogP contribution is -2.24. The van der Waals surface area contributed by atoms with E-state index in [9.17, 15) is 13.2 Å². The number of rotatable bonds is 10. The predicted octanol–water partition coefficient (Wildman–Crippen LogP) is 6.65. The highest BCUT2D eigenvalue weighted by Gasteiger charge is 2.51. The van der Waals surface area contributed by atoms with Crippen molar-refractivity contribution in [1.29, 1.82) is 0 Å². The zero-order valence-electron chi connectivity index (χ0n) is 21.5. The number of hydrogen-bond donors (Lipinski definition) is 0. The van der Waals surface area contributed by atoms with E-state index in [4.69, 9.17) is 10.2 Å². The summed E-state index contributed by atoms with van der Waals surface area (Å²) in [6.45, 7) is 11.8. The van der Waals surface area contributed by atoms with Crippen molar-refractivity contribution in [3.05, 3.63) is 53.9 Å². The number of alkyl halides is 3. The van der Waals surface area contributed by atoms with Gasteiger partial charge in [-0.1, -0.05) is 34.6 Å². The molecule has 4 atom stereocenters. The van der Waals surface area contributed by atoms with Crippen LogP contribution in [-0.2, 0) is 12.0 Å². The van der Waals surface area contributed by atoms with Crippen LogP contribution in [0.25, 0.3) is 0 Å². The number of aromatic nitrogens is 6. The van der Waals surface area contributed by atoms with Gasteiger partial charge in [-0.05, 0) is 56.2 Å². The third kappa shape index (κ3) is 5.81. The van der Waals surface area contributed by atoms with Crippen molar-refractivity contribution in [3.63, 3.8) is 0 Å². The molecule has 1 fully saturated rings. The minimum atomic E-state index is -4.27. The van der Waals surface area contributed by atoms with Gasteiger partial charge in [0.05, 0.1) is 23.1 Å². The van der Waals surface area contributed by atoms with E-state index in [0.717, 1.165) is 35.3 Å². The fourth-order valence-corrected chi connectivity index (χ4v) is 4.89. The summed E-state index contributed by atoms with van der Waals surface area (Å²) < 4.78 is 43.2. The van der Waals surface area contributed by atoms with Crippen LogP contribution in [0.5, 0.6) is 0 Å². The van der Waals surface area contributed by atoms with E-state index in [1.807, 2.05) is 10.9 Å². The van der Waals surface area contributed by atoms with Gasteiger partial charge in [-0.2, -0.15) is 28.5 Å². The first-order valence-corrected chi connectivity index (χ1v) is 12.6. The van der Waals surface area contributed by atoms with Gasteiger partial charge in [0.2, 0.25) is 0 Å². The Morgan fingerprint density at radius 2 is 1.63 bits per heavy atom. The molecule has 6 nitrogen and oxygen atoms in total. The van der Waals surface area contributed by atoms with Crippen LogP contribution in [0.2, 0.25) is 0 Å². The fourth-order valence-electron chi connectivity index (χ4n) is 4.89. The molecule has 1 aliphatic carbocycles. The Morgan fingerprint density at radius 1 is 0.914 bits per heavy atom. The molecule has 3 aromatic rings. The first kappa shape index (κ1) is 25.5. The summed E-state index contributed by atoms with van der Waals surface area (Å²) in [5.41, 5.74) is 2.58. The van der Waals surface area contributed by atoms with E-state index < -0.39 is 12.7 Å². The summed E-state index contributed by atoms with van der Waals surface area (Å²) in [5.74, 6) is 1.05. The molecule has 1 aliphatic rings. The summed E-state index contributed by atoms with van der Waals surface area (Å²) in [6, 6.07) is 6.48. The van der Waals surface area contributed by atoms with E-state index in [0.29, 0.717) is 23.6 Å². The molecule has 4 unspecified atom stereocenters. The van der Waals surface area contributed by atoms with Crippen molar-refractivity contribution in [2.75, 3.05) is 0 Å². The second-order valence-electron chi connectivity index (χ2n) is 11.1. The molecule has 0 spiro atoms. The standard InChI is InChI=1S/C26H37F3N6/c1-17(2)21-9-13-34(30-21)19(4)8-7-18(3)22-10-14-35(31-22)23-15-20(23)25(5,6)24-11-12-33(32-24)16-26(27,28)29/h9-14,17-20,23H,7-8,15-16H2,1-6H3. The molecule has 9 heteroatoms. The van der Waals surface area contributed by atoms with E-state index in [2.05, 4.69) is 69.7 Å². The zero-order chi connectivity index (χ0) is 25.5. The molecule has 3 aromatic heterocycles. The second-order valence-corrected chi connectivity index (χ2v) is 11.1.